The Morgan fingerprint density at radius 3 is 2.77 bits per heavy atom. The number of benzene rings is 2. The lowest BCUT2D eigenvalue weighted by atomic mass is 10.2. The van der Waals surface area contributed by atoms with Gasteiger partial charge in [0.05, 0.1) is 24.9 Å². The van der Waals surface area contributed by atoms with Crippen molar-refractivity contribution in [3.05, 3.63) is 76.0 Å². The van der Waals surface area contributed by atoms with Gasteiger partial charge in [0.1, 0.15) is 5.75 Å². The molecular weight excluding hydrogens is 458 g/mol. The molecule has 3 aromatic rings. The lowest BCUT2D eigenvalue weighted by Gasteiger charge is -2.13. The first kappa shape index (κ1) is 22.6. The van der Waals surface area contributed by atoms with E-state index in [9.17, 15) is 4.79 Å². The standard InChI is InChI=1S/C23H26BrN5O2/c1-4-12-29-15-17(16(2)28-29)14-25-23(26-18-8-7-9-19(13-18)31-3)27-22(30)20-10-5-6-11-21(20)24/h5-11,13,15H,4,12,14H2,1-3H3,(H2,25,26,27,30). The molecule has 0 fully saturated rings. The molecule has 1 aromatic heterocycles. The number of anilines is 1. The molecule has 1 amide bonds. The summed E-state index contributed by atoms with van der Waals surface area (Å²) in [5.41, 5.74) is 3.21. The Morgan fingerprint density at radius 2 is 2.03 bits per heavy atom. The number of hydrogen-bond acceptors (Lipinski definition) is 4. The maximum atomic E-state index is 12.9. The third kappa shape index (κ3) is 6.18. The van der Waals surface area contributed by atoms with Crippen LogP contribution in [0.4, 0.5) is 5.69 Å². The SMILES string of the molecule is CCCn1cc(CN=C(NC(=O)c2ccccc2Br)Nc2cccc(OC)c2)c(C)n1. The van der Waals surface area contributed by atoms with Crippen LogP contribution in [0.25, 0.3) is 0 Å². The summed E-state index contributed by atoms with van der Waals surface area (Å²) in [5.74, 6) is 0.787. The van der Waals surface area contributed by atoms with Crippen LogP contribution >= 0.6 is 15.9 Å². The molecule has 0 spiro atoms. The summed E-state index contributed by atoms with van der Waals surface area (Å²) in [5, 5.41) is 10.6. The monoisotopic (exact) mass is 483 g/mol. The van der Waals surface area contributed by atoms with Crippen molar-refractivity contribution in [3.8, 4) is 5.75 Å². The number of hydrogen-bond donors (Lipinski definition) is 2. The van der Waals surface area contributed by atoms with E-state index in [1.54, 1.807) is 13.2 Å². The molecule has 0 bridgehead atoms. The maximum absolute atomic E-state index is 12.9. The first-order valence-electron chi connectivity index (χ1n) is 10.0. The molecule has 0 aliphatic heterocycles. The number of rotatable bonds is 7. The van der Waals surface area contributed by atoms with Crippen LogP contribution in [0, 0.1) is 6.92 Å². The minimum atomic E-state index is -0.264. The Morgan fingerprint density at radius 1 is 1.23 bits per heavy atom. The lowest BCUT2D eigenvalue weighted by molar-refractivity contribution is 0.0976. The van der Waals surface area contributed by atoms with Gasteiger partial charge in [-0.1, -0.05) is 25.1 Å². The van der Waals surface area contributed by atoms with E-state index in [1.165, 1.54) is 0 Å². The van der Waals surface area contributed by atoms with Crippen molar-refractivity contribution in [2.45, 2.75) is 33.4 Å². The van der Waals surface area contributed by atoms with Crippen LogP contribution in [0.3, 0.4) is 0 Å². The van der Waals surface area contributed by atoms with E-state index in [1.807, 2.05) is 60.3 Å². The first-order chi connectivity index (χ1) is 15.0. The van der Waals surface area contributed by atoms with Gasteiger partial charge in [0.25, 0.3) is 5.91 Å². The number of aliphatic imine (C=N–C) groups is 1. The summed E-state index contributed by atoms with van der Waals surface area (Å²) in [6.45, 7) is 5.32. The van der Waals surface area contributed by atoms with Crippen molar-refractivity contribution in [3.63, 3.8) is 0 Å². The second-order valence-electron chi connectivity index (χ2n) is 6.96. The van der Waals surface area contributed by atoms with E-state index >= 15 is 0 Å². The Hall–Kier alpha value is -3.13. The fraction of sp³-hybridized carbons (Fsp3) is 0.261. The molecule has 0 radical (unpaired) electrons. The molecule has 1 heterocycles. The molecule has 0 saturated heterocycles. The van der Waals surface area contributed by atoms with E-state index in [0.29, 0.717) is 28.3 Å². The molecule has 0 unspecified atom stereocenters. The second-order valence-corrected chi connectivity index (χ2v) is 7.81. The summed E-state index contributed by atoms with van der Waals surface area (Å²) in [6, 6.07) is 14.7. The molecule has 2 aromatic carbocycles. The Kier molecular flexibility index (Phi) is 7.83. The van der Waals surface area contributed by atoms with E-state index in [-0.39, 0.29) is 5.91 Å². The normalized spacial score (nSPS) is 11.3. The van der Waals surface area contributed by atoms with Crippen LogP contribution in [0.15, 0.2) is 64.2 Å². The van der Waals surface area contributed by atoms with E-state index in [4.69, 9.17) is 4.74 Å². The number of halogens is 1. The van der Waals surface area contributed by atoms with Gasteiger partial charge in [-0.25, -0.2) is 4.99 Å². The average molecular weight is 484 g/mol. The number of methoxy groups -OCH3 is 1. The molecule has 31 heavy (non-hydrogen) atoms. The van der Waals surface area contributed by atoms with Crippen molar-refractivity contribution in [2.24, 2.45) is 4.99 Å². The van der Waals surface area contributed by atoms with Crippen LogP contribution in [0.1, 0.15) is 35.0 Å². The minimum absolute atomic E-state index is 0.264. The van der Waals surface area contributed by atoms with Crippen molar-refractivity contribution >= 4 is 33.5 Å². The fourth-order valence-electron chi connectivity index (χ4n) is 2.99. The first-order valence-corrected chi connectivity index (χ1v) is 10.8. The van der Waals surface area contributed by atoms with Crippen LogP contribution in [-0.4, -0.2) is 28.8 Å². The summed E-state index contributed by atoms with van der Waals surface area (Å²) < 4.78 is 7.93. The second kappa shape index (κ2) is 10.8. The van der Waals surface area contributed by atoms with Gasteiger partial charge in [-0.3, -0.25) is 14.8 Å². The van der Waals surface area contributed by atoms with Crippen LogP contribution in [0.5, 0.6) is 5.75 Å². The average Bonchev–Trinajstić information content (AvgIpc) is 3.11. The molecule has 162 valence electrons. The number of nitrogens with one attached hydrogen (secondary N) is 2. The number of ether oxygens (including phenoxy) is 1. The van der Waals surface area contributed by atoms with Gasteiger partial charge < -0.3 is 10.1 Å². The van der Waals surface area contributed by atoms with E-state index < -0.39 is 0 Å². The molecular formula is C23H26BrN5O2. The topological polar surface area (TPSA) is 80.5 Å². The highest BCUT2D eigenvalue weighted by Gasteiger charge is 2.13. The smallest absolute Gasteiger partial charge is 0.259 e. The maximum Gasteiger partial charge on any atom is 0.259 e. The summed E-state index contributed by atoms with van der Waals surface area (Å²) in [4.78, 5) is 17.5. The molecule has 7 nitrogen and oxygen atoms in total. The number of aromatic nitrogens is 2. The van der Waals surface area contributed by atoms with Crippen LogP contribution in [-0.2, 0) is 13.1 Å². The summed E-state index contributed by atoms with van der Waals surface area (Å²) in [7, 11) is 1.61. The van der Waals surface area contributed by atoms with Crippen molar-refractivity contribution in [1.82, 2.24) is 15.1 Å². The number of carbonyl (C=O) groups excluding carboxylic acids is 1. The van der Waals surface area contributed by atoms with Crippen LogP contribution < -0.4 is 15.4 Å². The molecule has 8 heteroatoms. The number of amides is 1. The Bertz CT molecular complexity index is 1080. The van der Waals surface area contributed by atoms with Gasteiger partial charge in [-0.2, -0.15) is 5.10 Å². The lowest BCUT2D eigenvalue weighted by Crippen LogP contribution is -2.36. The van der Waals surface area contributed by atoms with Crippen molar-refractivity contribution in [1.29, 1.82) is 0 Å². The number of guanidine groups is 1. The van der Waals surface area contributed by atoms with Gasteiger partial charge in [0.15, 0.2) is 0 Å². The molecule has 0 aliphatic rings. The number of carbonyl (C=O) groups is 1. The third-order valence-electron chi connectivity index (χ3n) is 4.59. The summed E-state index contributed by atoms with van der Waals surface area (Å²) in [6.07, 6.45) is 3.01. The zero-order chi connectivity index (χ0) is 22.2. The van der Waals surface area contributed by atoms with E-state index in [2.05, 4.69) is 43.6 Å². The highest BCUT2D eigenvalue weighted by Crippen LogP contribution is 2.18. The third-order valence-corrected chi connectivity index (χ3v) is 5.28. The molecule has 2 N–H and O–H groups in total. The van der Waals surface area contributed by atoms with Gasteiger partial charge in [0, 0.05) is 34.5 Å². The zero-order valence-corrected chi connectivity index (χ0v) is 19.4. The molecule has 0 aliphatic carbocycles. The largest absolute Gasteiger partial charge is 0.497 e. The number of nitrogens with zero attached hydrogens (tertiary/aromatic N) is 3. The van der Waals surface area contributed by atoms with Gasteiger partial charge in [0.2, 0.25) is 5.96 Å². The summed E-state index contributed by atoms with van der Waals surface area (Å²) >= 11 is 3.43. The zero-order valence-electron chi connectivity index (χ0n) is 17.9. The number of aryl methyl sites for hydroxylation is 2. The fourth-order valence-corrected chi connectivity index (χ4v) is 3.46. The molecule has 0 atom stereocenters. The van der Waals surface area contributed by atoms with E-state index in [0.717, 1.165) is 29.9 Å². The predicted octanol–water partition coefficient (Wildman–Crippen LogP) is 4.77. The molecule has 0 saturated carbocycles. The van der Waals surface area contributed by atoms with Gasteiger partial charge in [-0.15, -0.1) is 0 Å². The Labute approximate surface area is 190 Å². The Balaban J connectivity index is 1.85. The van der Waals surface area contributed by atoms with Crippen LogP contribution in [0.2, 0.25) is 0 Å². The molecule has 3 rings (SSSR count). The van der Waals surface area contributed by atoms with Crippen molar-refractivity contribution < 1.29 is 9.53 Å². The quantitative estimate of drug-likeness (QED) is 0.374. The van der Waals surface area contributed by atoms with Crippen molar-refractivity contribution in [2.75, 3.05) is 12.4 Å². The van der Waals surface area contributed by atoms with Gasteiger partial charge >= 0.3 is 0 Å². The highest BCUT2D eigenvalue weighted by atomic mass is 79.9. The minimum Gasteiger partial charge on any atom is -0.497 e. The highest BCUT2D eigenvalue weighted by molar-refractivity contribution is 9.10. The van der Waals surface area contributed by atoms with Gasteiger partial charge in [-0.05, 0) is 53.5 Å². The predicted molar refractivity (Wildman–Crippen MR) is 127 cm³/mol.